The first-order valence-corrected chi connectivity index (χ1v) is 8.77. The normalized spacial score (nSPS) is 11.8. The number of unbranched alkanes of at least 4 members (excludes halogenated alkanes) is 9. The van der Waals surface area contributed by atoms with E-state index in [9.17, 15) is 4.79 Å². The maximum atomic E-state index is 11.0. The molecule has 0 aliphatic heterocycles. The summed E-state index contributed by atoms with van der Waals surface area (Å²) < 4.78 is 4.67. The molecule has 0 saturated carbocycles. The van der Waals surface area contributed by atoms with E-state index in [2.05, 4.69) is 18.6 Å². The van der Waals surface area contributed by atoms with E-state index < -0.39 is 0 Å². The molecule has 21 heavy (non-hydrogen) atoms. The zero-order chi connectivity index (χ0) is 15.1. The van der Waals surface area contributed by atoms with Crippen molar-refractivity contribution in [1.29, 1.82) is 0 Å². The van der Waals surface area contributed by atoms with E-state index in [4.69, 9.17) is 0 Å². The van der Waals surface area contributed by atoms with E-state index in [1.165, 1.54) is 77.7 Å². The maximum absolute atomic E-state index is 11.0. The van der Waals surface area contributed by atoms with E-state index >= 15 is 0 Å². The van der Waals surface area contributed by atoms with Crippen molar-refractivity contribution in [2.24, 2.45) is 5.92 Å². The second-order valence-corrected chi connectivity index (χ2v) is 6.19. The summed E-state index contributed by atoms with van der Waals surface area (Å²) in [5.74, 6) is 0.586. The Labute approximate surface area is 132 Å². The number of rotatable bonds is 14. The zero-order valence-electron chi connectivity index (χ0n) is 14.8. The van der Waals surface area contributed by atoms with Crippen LogP contribution in [0, 0.1) is 5.92 Å². The Hall–Kier alpha value is -0.570. The molecule has 1 unspecified atom stereocenters. The SMILES string of the molecule is CCCCCCCCCCCCC(C)CCC(=O)OC.N. The van der Waals surface area contributed by atoms with Crippen molar-refractivity contribution in [3.63, 3.8) is 0 Å². The Morgan fingerprint density at radius 3 is 1.81 bits per heavy atom. The molecule has 0 bridgehead atoms. The molecule has 0 spiro atoms. The molecule has 0 fully saturated rings. The van der Waals surface area contributed by atoms with Crippen LogP contribution in [0.2, 0.25) is 0 Å². The number of esters is 1. The van der Waals surface area contributed by atoms with Crippen molar-refractivity contribution < 1.29 is 9.53 Å². The van der Waals surface area contributed by atoms with E-state index in [0.717, 1.165) is 6.42 Å². The summed E-state index contributed by atoms with van der Waals surface area (Å²) in [5.41, 5.74) is 0. The molecule has 3 heteroatoms. The molecule has 0 amide bonds. The summed E-state index contributed by atoms with van der Waals surface area (Å²) in [6.45, 7) is 4.52. The fourth-order valence-corrected chi connectivity index (χ4v) is 2.59. The largest absolute Gasteiger partial charge is 0.469 e. The van der Waals surface area contributed by atoms with Crippen LogP contribution in [0.15, 0.2) is 0 Å². The highest BCUT2D eigenvalue weighted by molar-refractivity contribution is 5.69. The molecule has 0 heterocycles. The monoisotopic (exact) mass is 301 g/mol. The van der Waals surface area contributed by atoms with Crippen molar-refractivity contribution in [2.75, 3.05) is 7.11 Å². The van der Waals surface area contributed by atoms with Crippen molar-refractivity contribution in [2.45, 2.75) is 97.3 Å². The maximum Gasteiger partial charge on any atom is 0.305 e. The first kappa shape index (κ1) is 22.7. The van der Waals surface area contributed by atoms with E-state index in [1.807, 2.05) is 0 Å². The minimum atomic E-state index is -0.0695. The lowest BCUT2D eigenvalue weighted by atomic mass is 9.97. The highest BCUT2D eigenvalue weighted by Crippen LogP contribution is 2.17. The minimum absolute atomic E-state index is 0. The number of ether oxygens (including phenoxy) is 1. The van der Waals surface area contributed by atoms with Gasteiger partial charge in [0.05, 0.1) is 7.11 Å². The van der Waals surface area contributed by atoms with Crippen LogP contribution in [0.5, 0.6) is 0 Å². The van der Waals surface area contributed by atoms with Crippen LogP contribution < -0.4 is 6.15 Å². The summed E-state index contributed by atoms with van der Waals surface area (Å²) in [6, 6.07) is 0. The molecule has 0 aliphatic carbocycles. The highest BCUT2D eigenvalue weighted by Gasteiger charge is 2.06. The van der Waals surface area contributed by atoms with Crippen LogP contribution in [-0.4, -0.2) is 13.1 Å². The predicted molar refractivity (Wildman–Crippen MR) is 91.9 cm³/mol. The molecule has 0 radical (unpaired) electrons. The molecule has 128 valence electrons. The van der Waals surface area contributed by atoms with Crippen molar-refractivity contribution in [3.8, 4) is 0 Å². The third kappa shape index (κ3) is 17.4. The number of methoxy groups -OCH3 is 1. The first-order chi connectivity index (χ1) is 9.70. The van der Waals surface area contributed by atoms with Crippen molar-refractivity contribution in [3.05, 3.63) is 0 Å². The number of hydrogen-bond donors (Lipinski definition) is 1. The molecule has 3 nitrogen and oxygen atoms in total. The molecule has 0 aromatic carbocycles. The van der Waals surface area contributed by atoms with Gasteiger partial charge in [-0.1, -0.05) is 84.5 Å². The first-order valence-electron chi connectivity index (χ1n) is 8.77. The second kappa shape index (κ2) is 17.5. The molecular formula is C18H39NO2. The van der Waals surface area contributed by atoms with Gasteiger partial charge in [-0.25, -0.2) is 0 Å². The molecule has 0 aromatic heterocycles. The van der Waals surface area contributed by atoms with Gasteiger partial charge in [0.2, 0.25) is 0 Å². The van der Waals surface area contributed by atoms with Crippen LogP contribution in [0.25, 0.3) is 0 Å². The lowest BCUT2D eigenvalue weighted by molar-refractivity contribution is -0.140. The van der Waals surface area contributed by atoms with E-state index in [-0.39, 0.29) is 12.1 Å². The summed E-state index contributed by atoms with van der Waals surface area (Å²) in [7, 11) is 1.47. The van der Waals surface area contributed by atoms with Crippen LogP contribution in [0.4, 0.5) is 0 Å². The number of carbonyl (C=O) groups is 1. The van der Waals surface area contributed by atoms with Gasteiger partial charge in [-0.05, 0) is 12.3 Å². The summed E-state index contributed by atoms with van der Waals surface area (Å²) in [5, 5.41) is 0. The van der Waals surface area contributed by atoms with Gasteiger partial charge >= 0.3 is 5.97 Å². The average Bonchev–Trinajstić information content (AvgIpc) is 2.46. The lowest BCUT2D eigenvalue weighted by Crippen LogP contribution is -2.04. The number of carbonyl (C=O) groups excluding carboxylic acids is 1. The zero-order valence-corrected chi connectivity index (χ0v) is 14.8. The molecule has 3 N–H and O–H groups in total. The van der Waals surface area contributed by atoms with Crippen LogP contribution in [-0.2, 0) is 9.53 Å². The van der Waals surface area contributed by atoms with Gasteiger partial charge < -0.3 is 10.9 Å². The van der Waals surface area contributed by atoms with Gasteiger partial charge in [0.25, 0.3) is 0 Å². The fraction of sp³-hybridized carbons (Fsp3) is 0.944. The van der Waals surface area contributed by atoms with Gasteiger partial charge in [-0.15, -0.1) is 0 Å². The van der Waals surface area contributed by atoms with Gasteiger partial charge in [0.1, 0.15) is 0 Å². The topological polar surface area (TPSA) is 61.3 Å². The molecule has 0 aromatic rings. The Morgan fingerprint density at radius 1 is 0.857 bits per heavy atom. The lowest BCUT2D eigenvalue weighted by Gasteiger charge is -2.10. The van der Waals surface area contributed by atoms with Gasteiger partial charge in [-0.2, -0.15) is 0 Å². The molecule has 0 saturated heterocycles. The standard InChI is InChI=1S/C18H36O2.H3N/c1-4-5-6-7-8-9-10-11-12-13-14-17(2)15-16-18(19)20-3;/h17H,4-16H2,1-3H3;1H3. The Morgan fingerprint density at radius 2 is 1.33 bits per heavy atom. The summed E-state index contributed by atoms with van der Waals surface area (Å²) in [4.78, 5) is 11.0. The smallest absolute Gasteiger partial charge is 0.305 e. The van der Waals surface area contributed by atoms with Crippen molar-refractivity contribution >= 4 is 5.97 Å². The number of hydrogen-bond acceptors (Lipinski definition) is 3. The molecular weight excluding hydrogens is 262 g/mol. The van der Waals surface area contributed by atoms with Crippen LogP contribution in [0.1, 0.15) is 97.3 Å². The van der Waals surface area contributed by atoms with Crippen LogP contribution in [0.3, 0.4) is 0 Å². The van der Waals surface area contributed by atoms with Gasteiger partial charge in [-0.3, -0.25) is 4.79 Å². The summed E-state index contributed by atoms with van der Waals surface area (Å²) in [6.07, 6.45) is 16.7. The minimum Gasteiger partial charge on any atom is -0.469 e. The fourth-order valence-electron chi connectivity index (χ4n) is 2.59. The van der Waals surface area contributed by atoms with E-state index in [0.29, 0.717) is 12.3 Å². The summed E-state index contributed by atoms with van der Waals surface area (Å²) >= 11 is 0. The third-order valence-corrected chi connectivity index (χ3v) is 4.12. The molecule has 1 atom stereocenters. The average molecular weight is 302 g/mol. The Bertz CT molecular complexity index is 219. The van der Waals surface area contributed by atoms with Gasteiger partial charge in [0.15, 0.2) is 0 Å². The second-order valence-electron chi connectivity index (χ2n) is 6.19. The molecule has 0 aliphatic rings. The Kier molecular flexibility index (Phi) is 18.9. The third-order valence-electron chi connectivity index (χ3n) is 4.12. The quantitative estimate of drug-likeness (QED) is 0.314. The highest BCUT2D eigenvalue weighted by atomic mass is 16.5. The van der Waals surface area contributed by atoms with Gasteiger partial charge in [0, 0.05) is 6.42 Å². The Balaban J connectivity index is 0. The van der Waals surface area contributed by atoms with Crippen LogP contribution >= 0.6 is 0 Å². The van der Waals surface area contributed by atoms with E-state index in [1.54, 1.807) is 0 Å². The predicted octanol–water partition coefficient (Wildman–Crippen LogP) is 6.05. The molecule has 0 rings (SSSR count). The van der Waals surface area contributed by atoms with Crippen molar-refractivity contribution in [1.82, 2.24) is 6.15 Å².